The zero-order valence-corrected chi connectivity index (χ0v) is 15.1. The largest absolute Gasteiger partial charge is 0.508 e. The summed E-state index contributed by atoms with van der Waals surface area (Å²) in [4.78, 5) is 34.4. The van der Waals surface area contributed by atoms with E-state index in [0.717, 1.165) is 0 Å². The van der Waals surface area contributed by atoms with Gasteiger partial charge in [-0.15, -0.1) is 0 Å². The highest BCUT2D eigenvalue weighted by Gasteiger charge is 2.21. The second-order valence-corrected chi connectivity index (χ2v) is 6.33. The molecule has 3 N–H and O–H groups in total. The van der Waals surface area contributed by atoms with Gasteiger partial charge in [0.2, 0.25) is 0 Å². The molecule has 1 amide bonds. The number of carbonyl (C=O) groups excluding carboxylic acids is 2. The van der Waals surface area contributed by atoms with Crippen molar-refractivity contribution in [2.45, 2.75) is 12.5 Å². The molecule has 0 aliphatic heterocycles. The summed E-state index contributed by atoms with van der Waals surface area (Å²) in [5.74, 6) is -1.53. The van der Waals surface area contributed by atoms with Crippen molar-refractivity contribution in [2.75, 3.05) is 6.61 Å². The number of phenols is 1. The molecule has 0 aliphatic rings. The summed E-state index contributed by atoms with van der Waals surface area (Å²) in [6.45, 7) is -0.429. The second-order valence-electron chi connectivity index (χ2n) is 5.42. The van der Waals surface area contributed by atoms with Crippen LogP contribution in [0.5, 0.6) is 11.5 Å². The molecule has 8 heteroatoms. The minimum Gasteiger partial charge on any atom is -0.508 e. The summed E-state index contributed by atoms with van der Waals surface area (Å²) in [6, 6.07) is 9.62. The Hall–Kier alpha value is -2.87. The van der Waals surface area contributed by atoms with Gasteiger partial charge in [0.05, 0.1) is 5.56 Å². The maximum absolute atomic E-state index is 12.0. The number of aliphatic carboxylic acids is 1. The second kappa shape index (κ2) is 9.00. The number of nitrogens with one attached hydrogen (secondary N) is 1. The van der Waals surface area contributed by atoms with Crippen LogP contribution >= 0.6 is 15.9 Å². The molecule has 1 atom stereocenters. The van der Waals surface area contributed by atoms with Crippen molar-refractivity contribution in [3.8, 4) is 11.5 Å². The molecule has 0 aromatic heterocycles. The lowest BCUT2D eigenvalue weighted by Crippen LogP contribution is -2.44. The van der Waals surface area contributed by atoms with Crippen molar-refractivity contribution >= 4 is 34.1 Å². The number of rotatable bonds is 8. The Morgan fingerprint density at radius 2 is 1.88 bits per heavy atom. The molecule has 2 aromatic carbocycles. The Balaban J connectivity index is 1.96. The van der Waals surface area contributed by atoms with Crippen molar-refractivity contribution in [2.24, 2.45) is 0 Å². The van der Waals surface area contributed by atoms with Gasteiger partial charge in [0, 0.05) is 10.9 Å². The van der Waals surface area contributed by atoms with E-state index >= 15 is 0 Å². The smallest absolute Gasteiger partial charge is 0.326 e. The summed E-state index contributed by atoms with van der Waals surface area (Å²) >= 11 is 3.23. The van der Waals surface area contributed by atoms with E-state index in [1.807, 2.05) is 0 Å². The van der Waals surface area contributed by atoms with Crippen LogP contribution in [0.1, 0.15) is 15.9 Å². The maximum atomic E-state index is 12.0. The monoisotopic (exact) mass is 421 g/mol. The van der Waals surface area contributed by atoms with E-state index in [1.165, 1.54) is 18.2 Å². The number of phenolic OH excluding ortho intramolecular Hbond substituents is 1. The lowest BCUT2D eigenvalue weighted by atomic mass is 10.1. The van der Waals surface area contributed by atoms with E-state index in [0.29, 0.717) is 16.3 Å². The van der Waals surface area contributed by atoms with E-state index in [4.69, 9.17) is 4.74 Å². The Kier molecular flexibility index (Phi) is 6.74. The fourth-order valence-corrected chi connectivity index (χ4v) is 2.57. The minimum absolute atomic E-state index is 0.0548. The van der Waals surface area contributed by atoms with Gasteiger partial charge < -0.3 is 20.3 Å². The van der Waals surface area contributed by atoms with Crippen LogP contribution in [0.2, 0.25) is 0 Å². The number of carboxylic acids is 1. The Bertz CT molecular complexity index is 806. The van der Waals surface area contributed by atoms with Crippen LogP contribution in [-0.2, 0) is 16.0 Å². The SMILES string of the molecule is O=Cc1cc(Br)ccc1OCC(=O)N[C@@H](Cc1ccc(O)cc1)C(=O)O. The Morgan fingerprint density at radius 3 is 2.50 bits per heavy atom. The topological polar surface area (TPSA) is 113 Å². The zero-order chi connectivity index (χ0) is 19.1. The van der Waals surface area contributed by atoms with Crippen LogP contribution < -0.4 is 10.1 Å². The van der Waals surface area contributed by atoms with Crippen molar-refractivity contribution in [3.63, 3.8) is 0 Å². The molecule has 0 radical (unpaired) electrons. The first-order valence-corrected chi connectivity index (χ1v) is 8.36. The molecular weight excluding hydrogens is 406 g/mol. The Labute approximate surface area is 157 Å². The van der Waals surface area contributed by atoms with Gasteiger partial charge >= 0.3 is 5.97 Å². The lowest BCUT2D eigenvalue weighted by Gasteiger charge is -2.15. The summed E-state index contributed by atoms with van der Waals surface area (Å²) in [6.07, 6.45) is 0.655. The summed E-state index contributed by atoms with van der Waals surface area (Å²) in [5.41, 5.74) is 0.915. The number of halogens is 1. The fourth-order valence-electron chi connectivity index (χ4n) is 2.19. The quantitative estimate of drug-likeness (QED) is 0.562. The van der Waals surface area contributed by atoms with Gasteiger partial charge in [0.15, 0.2) is 12.9 Å². The van der Waals surface area contributed by atoms with Gasteiger partial charge in [0.1, 0.15) is 17.5 Å². The highest BCUT2D eigenvalue weighted by Crippen LogP contribution is 2.21. The molecule has 0 heterocycles. The van der Waals surface area contributed by atoms with E-state index in [9.17, 15) is 24.6 Å². The number of aromatic hydroxyl groups is 1. The van der Waals surface area contributed by atoms with Crippen molar-refractivity contribution in [1.82, 2.24) is 5.32 Å². The average molecular weight is 422 g/mol. The van der Waals surface area contributed by atoms with Crippen molar-refractivity contribution in [3.05, 3.63) is 58.1 Å². The number of ether oxygens (including phenoxy) is 1. The third kappa shape index (κ3) is 5.59. The first kappa shape index (κ1) is 19.5. The van der Waals surface area contributed by atoms with Crippen LogP contribution in [0.25, 0.3) is 0 Å². The number of carbonyl (C=O) groups is 3. The van der Waals surface area contributed by atoms with Gasteiger partial charge in [0.25, 0.3) is 5.91 Å². The first-order valence-electron chi connectivity index (χ1n) is 7.56. The molecule has 136 valence electrons. The molecule has 2 aromatic rings. The summed E-state index contributed by atoms with van der Waals surface area (Å²) < 4.78 is 5.99. The van der Waals surface area contributed by atoms with E-state index in [1.54, 1.807) is 24.3 Å². The Morgan fingerprint density at radius 1 is 1.19 bits per heavy atom. The molecule has 26 heavy (non-hydrogen) atoms. The highest BCUT2D eigenvalue weighted by molar-refractivity contribution is 9.10. The van der Waals surface area contributed by atoms with Crippen LogP contribution in [0.3, 0.4) is 0 Å². The van der Waals surface area contributed by atoms with Crippen molar-refractivity contribution < 1.29 is 29.3 Å². The summed E-state index contributed by atoms with van der Waals surface area (Å²) in [7, 11) is 0. The third-order valence-electron chi connectivity index (χ3n) is 3.47. The first-order chi connectivity index (χ1) is 12.4. The van der Waals surface area contributed by atoms with Gasteiger partial charge in [-0.25, -0.2) is 4.79 Å². The number of hydrogen-bond acceptors (Lipinski definition) is 5. The predicted molar refractivity (Wildman–Crippen MR) is 96.4 cm³/mol. The van der Waals surface area contributed by atoms with Crippen LogP contribution in [0.15, 0.2) is 46.9 Å². The highest BCUT2D eigenvalue weighted by atomic mass is 79.9. The molecule has 2 rings (SSSR count). The molecule has 0 aliphatic carbocycles. The molecule has 0 fully saturated rings. The van der Waals surface area contributed by atoms with Gasteiger partial charge in [-0.3, -0.25) is 9.59 Å². The zero-order valence-electron chi connectivity index (χ0n) is 13.5. The van der Waals surface area contributed by atoms with Gasteiger partial charge in [-0.2, -0.15) is 0 Å². The number of hydrogen-bond donors (Lipinski definition) is 3. The molecule has 0 saturated carbocycles. The van der Waals surface area contributed by atoms with E-state index in [2.05, 4.69) is 21.2 Å². The maximum Gasteiger partial charge on any atom is 0.326 e. The summed E-state index contributed by atoms with van der Waals surface area (Å²) in [5, 5.41) is 20.9. The van der Waals surface area contributed by atoms with E-state index < -0.39 is 24.5 Å². The predicted octanol–water partition coefficient (Wildman–Crippen LogP) is 2.16. The standard InChI is InChI=1S/C18H16BrNO6/c19-13-3-6-16(12(8-13)9-21)26-10-17(23)20-15(18(24)25)7-11-1-4-14(22)5-2-11/h1-6,8-9,15,22H,7,10H2,(H,20,23)(H,24,25)/t15-/m0/s1. The molecule has 7 nitrogen and oxygen atoms in total. The van der Waals surface area contributed by atoms with Crippen LogP contribution in [-0.4, -0.2) is 41.0 Å². The average Bonchev–Trinajstić information content (AvgIpc) is 2.61. The van der Waals surface area contributed by atoms with Gasteiger partial charge in [-0.05, 0) is 35.9 Å². The lowest BCUT2D eigenvalue weighted by molar-refractivity contribution is -0.142. The third-order valence-corrected chi connectivity index (χ3v) is 3.96. The van der Waals surface area contributed by atoms with Gasteiger partial charge in [-0.1, -0.05) is 28.1 Å². The normalized spacial score (nSPS) is 11.4. The molecule has 0 spiro atoms. The van der Waals surface area contributed by atoms with Crippen LogP contribution in [0.4, 0.5) is 0 Å². The minimum atomic E-state index is -1.19. The molecule has 0 saturated heterocycles. The molecule has 0 bridgehead atoms. The molecular formula is C18H16BrNO6. The number of amides is 1. The fraction of sp³-hybridized carbons (Fsp3) is 0.167. The number of carboxylic acid groups (broad SMARTS) is 1. The molecule has 0 unspecified atom stereocenters. The number of benzene rings is 2. The van der Waals surface area contributed by atoms with Crippen molar-refractivity contribution in [1.29, 1.82) is 0 Å². The van der Waals surface area contributed by atoms with Crippen LogP contribution in [0, 0.1) is 0 Å². The number of aldehydes is 1. The van der Waals surface area contributed by atoms with E-state index in [-0.39, 0.29) is 23.5 Å².